The number of carbonyl (C=O) groups excluding carboxylic acids is 1. The Morgan fingerprint density at radius 3 is 2.52 bits per heavy atom. The number of aromatic nitrogens is 2. The van der Waals surface area contributed by atoms with Crippen LogP contribution in [0.1, 0.15) is 29.8 Å². The van der Waals surface area contributed by atoms with Gasteiger partial charge in [0.1, 0.15) is 11.5 Å². The van der Waals surface area contributed by atoms with Gasteiger partial charge in [-0.25, -0.2) is 0 Å². The molecule has 6 nitrogen and oxygen atoms in total. The minimum Gasteiger partial charge on any atom is -0.494 e. The Hall–Kier alpha value is -3.28. The zero-order chi connectivity index (χ0) is 19.1. The minimum absolute atomic E-state index is 0.199. The van der Waals surface area contributed by atoms with E-state index in [0.717, 1.165) is 5.56 Å². The van der Waals surface area contributed by atoms with Crippen LogP contribution in [0.25, 0.3) is 0 Å². The number of rotatable bonds is 8. The predicted octanol–water partition coefficient (Wildman–Crippen LogP) is 3.98. The van der Waals surface area contributed by atoms with Crippen molar-refractivity contribution in [2.75, 3.05) is 18.5 Å². The number of hydrogen-bond donors (Lipinski definition) is 1. The number of anilines is 1. The predicted molar refractivity (Wildman–Crippen MR) is 105 cm³/mol. The van der Waals surface area contributed by atoms with E-state index >= 15 is 0 Å². The van der Waals surface area contributed by atoms with Crippen molar-refractivity contribution in [1.29, 1.82) is 0 Å². The third-order valence-electron chi connectivity index (χ3n) is 3.93. The molecule has 27 heavy (non-hydrogen) atoms. The largest absolute Gasteiger partial charge is 0.494 e. The molecular weight excluding hydrogens is 342 g/mol. The standard InChI is InChI=1S/C21H23N3O3/c1-3-26-18-10-11-20(27-4-2)19(14-18)23-21(25)17-8-6-16(7-9-17)15-24-13-5-12-22-24/h5-14H,3-4,15H2,1-2H3,(H,23,25). The van der Waals surface area contributed by atoms with Crippen LogP contribution in [0.2, 0.25) is 0 Å². The highest BCUT2D eigenvalue weighted by molar-refractivity contribution is 6.05. The molecule has 140 valence electrons. The summed E-state index contributed by atoms with van der Waals surface area (Å²) in [4.78, 5) is 12.6. The highest BCUT2D eigenvalue weighted by Gasteiger charge is 2.12. The molecule has 1 N–H and O–H groups in total. The van der Waals surface area contributed by atoms with Gasteiger partial charge < -0.3 is 14.8 Å². The Bertz CT molecular complexity index is 874. The fraction of sp³-hybridized carbons (Fsp3) is 0.238. The third-order valence-corrected chi connectivity index (χ3v) is 3.93. The summed E-state index contributed by atoms with van der Waals surface area (Å²) in [5.41, 5.74) is 2.24. The summed E-state index contributed by atoms with van der Waals surface area (Å²) in [7, 11) is 0. The maximum atomic E-state index is 12.6. The molecule has 0 atom stereocenters. The van der Waals surface area contributed by atoms with E-state index in [1.165, 1.54) is 0 Å². The molecule has 0 aliphatic rings. The molecule has 6 heteroatoms. The van der Waals surface area contributed by atoms with Crippen molar-refractivity contribution in [3.8, 4) is 11.5 Å². The van der Waals surface area contributed by atoms with Crippen LogP contribution in [0.4, 0.5) is 5.69 Å². The van der Waals surface area contributed by atoms with Crippen LogP contribution in [-0.2, 0) is 6.54 Å². The van der Waals surface area contributed by atoms with Gasteiger partial charge in [0.15, 0.2) is 0 Å². The van der Waals surface area contributed by atoms with E-state index in [4.69, 9.17) is 9.47 Å². The molecular formula is C21H23N3O3. The lowest BCUT2D eigenvalue weighted by atomic mass is 10.1. The number of hydrogen-bond acceptors (Lipinski definition) is 4. The maximum Gasteiger partial charge on any atom is 0.255 e. The maximum absolute atomic E-state index is 12.6. The SMILES string of the molecule is CCOc1ccc(OCC)c(NC(=O)c2ccc(Cn3cccn3)cc2)c1. The Morgan fingerprint density at radius 2 is 1.85 bits per heavy atom. The van der Waals surface area contributed by atoms with E-state index in [0.29, 0.717) is 42.5 Å². The lowest BCUT2D eigenvalue weighted by molar-refractivity contribution is 0.102. The first-order chi connectivity index (χ1) is 13.2. The first kappa shape index (κ1) is 18.5. The van der Waals surface area contributed by atoms with Gasteiger partial charge in [-0.05, 0) is 49.7 Å². The molecule has 3 rings (SSSR count). The second-order valence-electron chi connectivity index (χ2n) is 5.88. The summed E-state index contributed by atoms with van der Waals surface area (Å²) in [6, 6.07) is 14.8. The van der Waals surface area contributed by atoms with Gasteiger partial charge in [0.05, 0.1) is 25.4 Å². The quantitative estimate of drug-likeness (QED) is 0.656. The number of carbonyl (C=O) groups is 1. The highest BCUT2D eigenvalue weighted by atomic mass is 16.5. The highest BCUT2D eigenvalue weighted by Crippen LogP contribution is 2.30. The van der Waals surface area contributed by atoms with Gasteiger partial charge in [-0.2, -0.15) is 5.10 Å². The molecule has 0 aliphatic heterocycles. The van der Waals surface area contributed by atoms with E-state index in [-0.39, 0.29) is 5.91 Å². The fourth-order valence-electron chi connectivity index (χ4n) is 2.68. The van der Waals surface area contributed by atoms with Gasteiger partial charge in [0.2, 0.25) is 0 Å². The van der Waals surface area contributed by atoms with E-state index in [9.17, 15) is 4.79 Å². The smallest absolute Gasteiger partial charge is 0.255 e. The summed E-state index contributed by atoms with van der Waals surface area (Å²) < 4.78 is 13.0. The van der Waals surface area contributed by atoms with Crippen molar-refractivity contribution in [1.82, 2.24) is 9.78 Å². The molecule has 0 fully saturated rings. The Morgan fingerprint density at radius 1 is 1.07 bits per heavy atom. The van der Waals surface area contributed by atoms with Crippen LogP contribution < -0.4 is 14.8 Å². The molecule has 0 radical (unpaired) electrons. The molecule has 0 saturated heterocycles. The normalized spacial score (nSPS) is 10.4. The van der Waals surface area contributed by atoms with E-state index < -0.39 is 0 Å². The average molecular weight is 365 g/mol. The Labute approximate surface area is 158 Å². The second-order valence-corrected chi connectivity index (χ2v) is 5.88. The first-order valence-corrected chi connectivity index (χ1v) is 8.97. The zero-order valence-corrected chi connectivity index (χ0v) is 15.5. The number of amides is 1. The van der Waals surface area contributed by atoms with Crippen LogP contribution in [0, 0.1) is 0 Å². The summed E-state index contributed by atoms with van der Waals surface area (Å²) in [5, 5.41) is 7.10. The lowest BCUT2D eigenvalue weighted by Gasteiger charge is -2.13. The van der Waals surface area contributed by atoms with Gasteiger partial charge in [-0.1, -0.05) is 12.1 Å². The lowest BCUT2D eigenvalue weighted by Crippen LogP contribution is -2.13. The van der Waals surface area contributed by atoms with Crippen LogP contribution in [0.5, 0.6) is 11.5 Å². The van der Waals surface area contributed by atoms with E-state index in [2.05, 4.69) is 10.4 Å². The molecule has 3 aromatic rings. The molecule has 1 amide bonds. The average Bonchev–Trinajstić information content (AvgIpc) is 3.18. The van der Waals surface area contributed by atoms with Gasteiger partial charge in [-0.15, -0.1) is 0 Å². The molecule has 1 aromatic heterocycles. The Balaban J connectivity index is 1.73. The summed E-state index contributed by atoms with van der Waals surface area (Å²) in [6.45, 7) is 5.55. The van der Waals surface area contributed by atoms with E-state index in [1.54, 1.807) is 30.5 Å². The third kappa shape index (κ3) is 4.88. The van der Waals surface area contributed by atoms with Gasteiger partial charge >= 0.3 is 0 Å². The van der Waals surface area contributed by atoms with Crippen molar-refractivity contribution in [2.24, 2.45) is 0 Å². The van der Waals surface area contributed by atoms with Crippen LogP contribution in [0.3, 0.4) is 0 Å². The topological polar surface area (TPSA) is 65.4 Å². The van der Waals surface area contributed by atoms with Gasteiger partial charge in [0.25, 0.3) is 5.91 Å². The zero-order valence-electron chi connectivity index (χ0n) is 15.5. The van der Waals surface area contributed by atoms with Crippen molar-refractivity contribution in [3.63, 3.8) is 0 Å². The molecule has 0 spiro atoms. The molecule has 1 heterocycles. The minimum atomic E-state index is -0.199. The first-order valence-electron chi connectivity index (χ1n) is 8.97. The fourth-order valence-corrected chi connectivity index (χ4v) is 2.68. The summed E-state index contributed by atoms with van der Waals surface area (Å²) in [5.74, 6) is 1.10. The molecule has 2 aromatic carbocycles. The number of nitrogens with one attached hydrogen (secondary N) is 1. The van der Waals surface area contributed by atoms with Gasteiger partial charge in [0, 0.05) is 24.0 Å². The van der Waals surface area contributed by atoms with Crippen LogP contribution >= 0.6 is 0 Å². The van der Waals surface area contributed by atoms with Crippen molar-refractivity contribution in [3.05, 3.63) is 72.1 Å². The molecule has 0 unspecified atom stereocenters. The number of ether oxygens (including phenoxy) is 2. The van der Waals surface area contributed by atoms with Crippen molar-refractivity contribution < 1.29 is 14.3 Å². The summed E-state index contributed by atoms with van der Waals surface area (Å²) in [6.07, 6.45) is 3.65. The van der Waals surface area contributed by atoms with Crippen molar-refractivity contribution >= 4 is 11.6 Å². The van der Waals surface area contributed by atoms with Crippen molar-refractivity contribution in [2.45, 2.75) is 20.4 Å². The molecule has 0 saturated carbocycles. The number of nitrogens with zero attached hydrogens (tertiary/aromatic N) is 2. The second kappa shape index (κ2) is 8.89. The molecule has 0 aliphatic carbocycles. The molecule has 0 bridgehead atoms. The van der Waals surface area contributed by atoms with Crippen LogP contribution in [-0.4, -0.2) is 28.9 Å². The Kier molecular flexibility index (Phi) is 6.10. The summed E-state index contributed by atoms with van der Waals surface area (Å²) >= 11 is 0. The van der Waals surface area contributed by atoms with E-state index in [1.807, 2.05) is 49.0 Å². The number of benzene rings is 2. The van der Waals surface area contributed by atoms with Gasteiger partial charge in [-0.3, -0.25) is 9.48 Å². The monoisotopic (exact) mass is 365 g/mol. The van der Waals surface area contributed by atoms with Crippen LogP contribution in [0.15, 0.2) is 60.9 Å².